The maximum Gasteiger partial charge on any atom is 0.309 e. The van der Waals surface area contributed by atoms with Crippen molar-refractivity contribution in [1.29, 1.82) is 0 Å². The predicted octanol–water partition coefficient (Wildman–Crippen LogP) is 12.3. The first kappa shape index (κ1) is 42.3. The van der Waals surface area contributed by atoms with Crippen LogP contribution in [0, 0.1) is 82.6 Å². The highest BCUT2D eigenvalue weighted by Crippen LogP contribution is 2.56. The van der Waals surface area contributed by atoms with E-state index in [1.54, 1.807) is 24.5 Å². The maximum atomic E-state index is 13.5. The molecule has 2 aromatic heterocycles. The van der Waals surface area contributed by atoms with Crippen LogP contribution in [0.1, 0.15) is 90.4 Å². The van der Waals surface area contributed by atoms with Gasteiger partial charge in [0.1, 0.15) is 23.8 Å². The molecule has 2 aliphatic heterocycles. The lowest BCUT2D eigenvalue weighted by atomic mass is 9.56. The Morgan fingerprint density at radius 1 is 0.548 bits per heavy atom. The monoisotopic (exact) mass is 838 g/mol. The number of cyclic esters (lactones) is 2. The van der Waals surface area contributed by atoms with Crippen LogP contribution in [0.3, 0.4) is 0 Å². The summed E-state index contributed by atoms with van der Waals surface area (Å²) in [6, 6.07) is 21.1. The number of hydrogen-bond donors (Lipinski definition) is 0. The van der Waals surface area contributed by atoms with Gasteiger partial charge in [-0.05, 0) is 159 Å². The van der Waals surface area contributed by atoms with Crippen LogP contribution in [-0.2, 0) is 19.1 Å². The fourth-order valence-electron chi connectivity index (χ4n) is 12.8. The summed E-state index contributed by atoms with van der Waals surface area (Å²) >= 11 is 0. The van der Waals surface area contributed by atoms with Gasteiger partial charge in [0.05, 0.1) is 23.2 Å². The average molecular weight is 839 g/mol. The van der Waals surface area contributed by atoms with Crippen molar-refractivity contribution >= 4 is 24.1 Å². The molecule has 6 fully saturated rings. The molecule has 4 aliphatic carbocycles. The number of nitrogens with zero attached hydrogens (tertiary/aromatic N) is 2. The van der Waals surface area contributed by atoms with Crippen LogP contribution in [0.15, 0.2) is 97.3 Å². The molecule has 6 aliphatic rings. The van der Waals surface area contributed by atoms with E-state index in [2.05, 4.69) is 62.0 Å². The molecule has 324 valence electrons. The first-order chi connectivity index (χ1) is 30.0. The third-order valence-corrected chi connectivity index (χ3v) is 15.7. The summed E-state index contributed by atoms with van der Waals surface area (Å²) in [4.78, 5) is 34.2. The predicted molar refractivity (Wildman–Crippen MR) is 239 cm³/mol. The summed E-state index contributed by atoms with van der Waals surface area (Å²) in [5, 5.41) is 0. The van der Waals surface area contributed by atoms with E-state index in [-0.39, 0.29) is 59.5 Å². The van der Waals surface area contributed by atoms with E-state index < -0.39 is 0 Å². The van der Waals surface area contributed by atoms with Crippen molar-refractivity contribution in [2.75, 3.05) is 0 Å². The zero-order chi connectivity index (χ0) is 43.1. The molecule has 2 saturated heterocycles. The van der Waals surface area contributed by atoms with Gasteiger partial charge in [-0.15, -0.1) is 0 Å². The Labute approximate surface area is 365 Å². The minimum absolute atomic E-state index is 0.00477. The summed E-state index contributed by atoms with van der Waals surface area (Å²) in [5.74, 6) is 4.80. The molecule has 2 aromatic carbocycles. The van der Waals surface area contributed by atoms with Crippen LogP contribution in [0.4, 0.5) is 8.78 Å². The molecule has 62 heavy (non-hydrogen) atoms. The van der Waals surface area contributed by atoms with Gasteiger partial charge < -0.3 is 9.47 Å². The molecule has 8 heteroatoms. The van der Waals surface area contributed by atoms with E-state index in [1.807, 2.05) is 36.4 Å². The lowest BCUT2D eigenvalue weighted by molar-refractivity contribution is -0.145. The van der Waals surface area contributed by atoms with Gasteiger partial charge in [-0.2, -0.15) is 0 Å². The smallest absolute Gasteiger partial charge is 0.309 e. The van der Waals surface area contributed by atoms with Gasteiger partial charge in [-0.1, -0.05) is 75.2 Å². The van der Waals surface area contributed by atoms with E-state index in [0.717, 1.165) is 58.3 Å². The second-order valence-electron chi connectivity index (χ2n) is 19.6. The quantitative estimate of drug-likeness (QED) is 0.180. The zero-order valence-electron chi connectivity index (χ0n) is 36.4. The van der Waals surface area contributed by atoms with Crippen LogP contribution < -0.4 is 0 Å². The summed E-state index contributed by atoms with van der Waals surface area (Å²) in [6.07, 6.45) is 21.8. The molecule has 0 bridgehead atoms. The number of aromatic nitrogens is 2. The normalized spacial score (nSPS) is 34.9. The number of ether oxygens (including phenoxy) is 2. The van der Waals surface area contributed by atoms with Gasteiger partial charge in [0.15, 0.2) is 0 Å². The molecule has 14 atom stereocenters. The van der Waals surface area contributed by atoms with Crippen LogP contribution in [0.2, 0.25) is 0 Å². The summed E-state index contributed by atoms with van der Waals surface area (Å²) in [6.45, 7) is 8.79. The van der Waals surface area contributed by atoms with Gasteiger partial charge in [0.2, 0.25) is 0 Å². The number of benzene rings is 2. The fourth-order valence-corrected chi connectivity index (χ4v) is 12.8. The van der Waals surface area contributed by atoms with E-state index >= 15 is 0 Å². The number of fused-ring (bicyclic) bond motifs is 4. The lowest BCUT2D eigenvalue weighted by Crippen LogP contribution is -2.43. The van der Waals surface area contributed by atoms with Gasteiger partial charge >= 0.3 is 11.9 Å². The van der Waals surface area contributed by atoms with Crippen LogP contribution in [0.25, 0.3) is 34.4 Å². The standard InChI is InChI=1S/2C27H30FNO2/c2*1-16-6-10-23-20(12-16)14-25-26(17(2)31-27(25)30)24(23)11-9-22-8-7-19(15-29-22)18-4-3-5-21(28)13-18/h2*3-5,7-9,11,13,15-17,20,23-26H,6,10,12,14H2,1-2H3/b2*11-9+/t2*16-,17-,20+,23-,24+,25-,26+/m11/s1. The highest BCUT2D eigenvalue weighted by Gasteiger charge is 2.55. The molecule has 4 saturated carbocycles. The third kappa shape index (κ3) is 8.81. The minimum atomic E-state index is -0.243. The van der Waals surface area contributed by atoms with Crippen molar-refractivity contribution in [2.45, 2.75) is 91.3 Å². The SMILES string of the molecule is C[C@@H]1CC[C@@H]2[C@@H](C1)C[C@H]1C(=O)O[C@H](C)[C@H]1[C@H]2/C=C/c1ccc(-c2cccc(F)c2)cn1.C[C@@H]1CC[C@@H]2[C@@H](C1)C[C@H]1C(=O)O[C@H](C)[C@H]1[C@H]2/C=C/c1ccc(-c2cccc(F)c2)cn1. The molecule has 0 unspecified atom stereocenters. The van der Waals surface area contributed by atoms with Crippen molar-refractivity contribution in [3.05, 3.63) is 120 Å². The maximum absolute atomic E-state index is 13.5. The number of rotatable bonds is 6. The highest BCUT2D eigenvalue weighted by atomic mass is 19.1. The molecular formula is C54H60F2N2O4. The number of halogens is 2. The Hall–Kier alpha value is -4.98. The van der Waals surface area contributed by atoms with Gasteiger partial charge in [-0.3, -0.25) is 19.6 Å². The Morgan fingerprint density at radius 3 is 1.37 bits per heavy atom. The summed E-state index contributed by atoms with van der Waals surface area (Å²) in [5.41, 5.74) is 5.24. The highest BCUT2D eigenvalue weighted by molar-refractivity contribution is 5.76. The largest absolute Gasteiger partial charge is 0.462 e. The van der Waals surface area contributed by atoms with Crippen LogP contribution in [0.5, 0.6) is 0 Å². The number of carbonyl (C=O) groups is 2. The van der Waals surface area contributed by atoms with E-state index in [0.29, 0.717) is 35.5 Å². The summed E-state index contributed by atoms with van der Waals surface area (Å²) in [7, 11) is 0. The van der Waals surface area contributed by atoms with E-state index in [1.165, 1.54) is 62.8 Å². The van der Waals surface area contributed by atoms with Crippen molar-refractivity contribution < 1.29 is 27.8 Å². The van der Waals surface area contributed by atoms with Gasteiger partial charge in [0, 0.05) is 35.4 Å². The average Bonchev–Trinajstić information content (AvgIpc) is 3.72. The number of esters is 2. The molecule has 4 heterocycles. The van der Waals surface area contributed by atoms with Crippen LogP contribution in [-0.4, -0.2) is 34.1 Å². The Kier molecular flexibility index (Phi) is 12.3. The Bertz CT molecular complexity index is 2130. The second kappa shape index (κ2) is 18.0. The molecule has 10 rings (SSSR count). The van der Waals surface area contributed by atoms with Crippen molar-refractivity contribution in [1.82, 2.24) is 9.97 Å². The molecule has 0 spiro atoms. The molecule has 4 aromatic rings. The second-order valence-corrected chi connectivity index (χ2v) is 19.6. The molecule has 6 nitrogen and oxygen atoms in total. The topological polar surface area (TPSA) is 78.4 Å². The van der Waals surface area contributed by atoms with Crippen molar-refractivity contribution in [2.24, 2.45) is 71.0 Å². The molecular weight excluding hydrogens is 779 g/mol. The number of allylic oxidation sites excluding steroid dienone is 2. The van der Waals surface area contributed by atoms with Gasteiger partial charge in [-0.25, -0.2) is 8.78 Å². The van der Waals surface area contributed by atoms with Crippen molar-refractivity contribution in [3.63, 3.8) is 0 Å². The third-order valence-electron chi connectivity index (χ3n) is 15.7. The molecule has 0 amide bonds. The van der Waals surface area contributed by atoms with Crippen LogP contribution >= 0.6 is 0 Å². The number of hydrogen-bond acceptors (Lipinski definition) is 6. The molecule has 0 radical (unpaired) electrons. The zero-order valence-corrected chi connectivity index (χ0v) is 36.4. The lowest BCUT2D eigenvalue weighted by Gasteiger charge is -2.47. The minimum Gasteiger partial charge on any atom is -0.462 e. The number of carbonyl (C=O) groups excluding carboxylic acids is 2. The summed E-state index contributed by atoms with van der Waals surface area (Å²) < 4.78 is 38.4. The van der Waals surface area contributed by atoms with Crippen molar-refractivity contribution in [3.8, 4) is 22.3 Å². The van der Waals surface area contributed by atoms with E-state index in [9.17, 15) is 18.4 Å². The first-order valence-corrected chi connectivity index (χ1v) is 23.2. The van der Waals surface area contributed by atoms with E-state index in [4.69, 9.17) is 9.47 Å². The molecule has 0 N–H and O–H groups in total. The number of pyridine rings is 2. The Morgan fingerprint density at radius 2 is 0.984 bits per heavy atom. The fraction of sp³-hybridized carbons (Fsp3) is 0.481. The first-order valence-electron chi connectivity index (χ1n) is 23.2. The Balaban J connectivity index is 0.000000158. The van der Waals surface area contributed by atoms with Gasteiger partial charge in [0.25, 0.3) is 0 Å².